The molecule has 0 aliphatic carbocycles. The van der Waals surface area contributed by atoms with E-state index in [0.29, 0.717) is 22.7 Å². The van der Waals surface area contributed by atoms with Gasteiger partial charge in [0.1, 0.15) is 16.7 Å². The topological polar surface area (TPSA) is 100 Å². The van der Waals surface area contributed by atoms with Gasteiger partial charge in [-0.2, -0.15) is 0 Å². The predicted molar refractivity (Wildman–Crippen MR) is 171 cm³/mol. The largest absolute Gasteiger partial charge is 0.465 e. The minimum Gasteiger partial charge on any atom is -0.465 e. The van der Waals surface area contributed by atoms with E-state index in [-0.39, 0.29) is 11.6 Å². The van der Waals surface area contributed by atoms with Crippen LogP contribution < -0.4 is 16.0 Å². The average Bonchev–Trinajstić information content (AvgIpc) is 3.55. The monoisotopic (exact) mass is 587 g/mol. The van der Waals surface area contributed by atoms with Crippen LogP contribution in [0.25, 0.3) is 6.08 Å². The molecule has 5 rings (SSSR count). The lowest BCUT2D eigenvalue weighted by molar-refractivity contribution is -0.116. The van der Waals surface area contributed by atoms with Gasteiger partial charge in [-0.3, -0.25) is 14.4 Å². The van der Waals surface area contributed by atoms with Crippen molar-refractivity contribution in [3.8, 4) is 0 Å². The lowest BCUT2D eigenvalue weighted by Gasteiger charge is -2.18. The molecule has 0 radical (unpaired) electrons. The minimum atomic E-state index is -0.548. The summed E-state index contributed by atoms with van der Waals surface area (Å²) in [4.78, 5) is 40.5. The van der Waals surface area contributed by atoms with Crippen LogP contribution >= 0.6 is 11.8 Å². The standard InChI is InChI=1S/C35H29N3O4S/c1-24-17-19-27(20-18-24)36-35(41)32(25-10-4-2-5-11-25)43-30-16-8-14-28(22-30)37-34(40)31(23-29-15-9-21-42-29)38-33(39)26-12-6-3-7-13-26/h2-23,32H,1H3,(H,36,41)(H,37,40)(H,38,39)/b31-23-. The molecule has 7 nitrogen and oxygen atoms in total. The maximum Gasteiger partial charge on any atom is 0.272 e. The van der Waals surface area contributed by atoms with E-state index in [0.717, 1.165) is 16.0 Å². The number of aryl methyl sites for hydroxylation is 1. The summed E-state index contributed by atoms with van der Waals surface area (Å²) in [6.07, 6.45) is 2.95. The number of carbonyl (C=O) groups is 3. The summed E-state index contributed by atoms with van der Waals surface area (Å²) in [6.45, 7) is 1.99. The molecule has 1 aromatic heterocycles. The van der Waals surface area contributed by atoms with Gasteiger partial charge in [-0.15, -0.1) is 11.8 Å². The zero-order chi connectivity index (χ0) is 30.0. The smallest absolute Gasteiger partial charge is 0.272 e. The van der Waals surface area contributed by atoms with Crippen LogP contribution in [-0.2, 0) is 9.59 Å². The molecule has 1 atom stereocenters. The Morgan fingerprint density at radius 1 is 0.744 bits per heavy atom. The van der Waals surface area contributed by atoms with Crippen molar-refractivity contribution in [1.82, 2.24) is 5.32 Å². The van der Waals surface area contributed by atoms with Crippen molar-refractivity contribution in [2.24, 2.45) is 0 Å². The number of nitrogens with one attached hydrogen (secondary N) is 3. The zero-order valence-electron chi connectivity index (χ0n) is 23.3. The SMILES string of the molecule is Cc1ccc(NC(=O)C(Sc2cccc(NC(=O)/C(=C/c3ccco3)NC(=O)c3ccccc3)c2)c2ccccc2)cc1. The van der Waals surface area contributed by atoms with Crippen molar-refractivity contribution in [2.75, 3.05) is 10.6 Å². The molecule has 0 bridgehead atoms. The van der Waals surface area contributed by atoms with Crippen LogP contribution in [0, 0.1) is 6.92 Å². The summed E-state index contributed by atoms with van der Waals surface area (Å²) in [5.41, 5.74) is 3.59. The number of anilines is 2. The molecule has 0 aliphatic heterocycles. The predicted octanol–water partition coefficient (Wildman–Crippen LogP) is 7.47. The number of thioether (sulfide) groups is 1. The molecular weight excluding hydrogens is 558 g/mol. The maximum atomic E-state index is 13.5. The summed E-state index contributed by atoms with van der Waals surface area (Å²) < 4.78 is 5.38. The average molecular weight is 588 g/mol. The van der Waals surface area contributed by atoms with Gasteiger partial charge < -0.3 is 20.4 Å². The molecule has 214 valence electrons. The molecule has 0 spiro atoms. The van der Waals surface area contributed by atoms with E-state index in [4.69, 9.17) is 4.42 Å². The highest BCUT2D eigenvalue weighted by atomic mass is 32.2. The molecule has 1 unspecified atom stereocenters. The highest BCUT2D eigenvalue weighted by Crippen LogP contribution is 2.37. The van der Waals surface area contributed by atoms with E-state index in [1.165, 1.54) is 24.1 Å². The number of hydrogen-bond donors (Lipinski definition) is 3. The molecule has 5 aromatic rings. The number of rotatable bonds is 10. The van der Waals surface area contributed by atoms with Gasteiger partial charge in [-0.1, -0.05) is 72.3 Å². The fourth-order valence-corrected chi connectivity index (χ4v) is 5.27. The number of amides is 3. The third-order valence-corrected chi connectivity index (χ3v) is 7.61. The fraction of sp³-hybridized carbons (Fsp3) is 0.0571. The Morgan fingerprint density at radius 2 is 1.47 bits per heavy atom. The van der Waals surface area contributed by atoms with E-state index in [1.807, 2.05) is 73.7 Å². The Bertz CT molecular complexity index is 1720. The maximum absolute atomic E-state index is 13.5. The first-order valence-corrected chi connectivity index (χ1v) is 14.4. The molecular formula is C35H29N3O4S. The van der Waals surface area contributed by atoms with Gasteiger partial charge in [-0.05, 0) is 67.1 Å². The Labute approximate surface area is 254 Å². The lowest BCUT2D eigenvalue weighted by atomic mass is 10.1. The Hall–Kier alpha value is -5.34. The van der Waals surface area contributed by atoms with Crippen LogP contribution in [0.2, 0.25) is 0 Å². The number of carbonyl (C=O) groups excluding carboxylic acids is 3. The van der Waals surface area contributed by atoms with Crippen LogP contribution in [0.3, 0.4) is 0 Å². The van der Waals surface area contributed by atoms with Gasteiger partial charge in [0.15, 0.2) is 0 Å². The zero-order valence-corrected chi connectivity index (χ0v) is 24.1. The van der Waals surface area contributed by atoms with Crippen molar-refractivity contribution in [2.45, 2.75) is 17.1 Å². The quantitative estimate of drug-likeness (QED) is 0.116. The van der Waals surface area contributed by atoms with E-state index in [1.54, 1.807) is 54.6 Å². The Morgan fingerprint density at radius 3 is 2.16 bits per heavy atom. The molecule has 3 N–H and O–H groups in total. The van der Waals surface area contributed by atoms with Gasteiger partial charge in [-0.25, -0.2) is 0 Å². The second-order valence-corrected chi connectivity index (χ2v) is 10.8. The van der Waals surface area contributed by atoms with Crippen molar-refractivity contribution in [1.29, 1.82) is 0 Å². The lowest BCUT2D eigenvalue weighted by Crippen LogP contribution is -2.30. The first-order chi connectivity index (χ1) is 20.9. The number of benzene rings is 4. The van der Waals surface area contributed by atoms with E-state index >= 15 is 0 Å². The minimum absolute atomic E-state index is 0.0153. The normalized spacial score (nSPS) is 11.8. The molecule has 0 saturated heterocycles. The second-order valence-electron chi connectivity index (χ2n) is 9.64. The van der Waals surface area contributed by atoms with Crippen molar-refractivity contribution < 1.29 is 18.8 Å². The molecule has 1 heterocycles. The van der Waals surface area contributed by atoms with Crippen LogP contribution in [0.15, 0.2) is 143 Å². The first-order valence-electron chi connectivity index (χ1n) is 13.6. The van der Waals surface area contributed by atoms with Gasteiger partial charge in [0.25, 0.3) is 11.8 Å². The van der Waals surface area contributed by atoms with Gasteiger partial charge in [0, 0.05) is 27.9 Å². The van der Waals surface area contributed by atoms with Crippen molar-refractivity contribution >= 4 is 46.9 Å². The summed E-state index contributed by atoms with van der Waals surface area (Å²) >= 11 is 1.37. The van der Waals surface area contributed by atoms with Gasteiger partial charge >= 0.3 is 0 Å². The Balaban J connectivity index is 1.35. The third-order valence-electron chi connectivity index (χ3n) is 6.36. The number of hydrogen-bond acceptors (Lipinski definition) is 5. The van der Waals surface area contributed by atoms with Crippen LogP contribution in [0.1, 0.15) is 32.5 Å². The first kappa shape index (κ1) is 29.2. The molecule has 0 saturated carbocycles. The van der Waals surface area contributed by atoms with Crippen LogP contribution in [0.4, 0.5) is 11.4 Å². The van der Waals surface area contributed by atoms with Crippen LogP contribution in [-0.4, -0.2) is 17.7 Å². The van der Waals surface area contributed by atoms with Crippen LogP contribution in [0.5, 0.6) is 0 Å². The summed E-state index contributed by atoms with van der Waals surface area (Å²) in [5, 5.41) is 8.02. The van der Waals surface area contributed by atoms with Crippen molar-refractivity contribution in [3.63, 3.8) is 0 Å². The van der Waals surface area contributed by atoms with E-state index < -0.39 is 17.1 Å². The molecule has 8 heteroatoms. The highest BCUT2D eigenvalue weighted by molar-refractivity contribution is 8.00. The molecule has 0 fully saturated rings. The fourth-order valence-electron chi connectivity index (χ4n) is 4.19. The molecule has 43 heavy (non-hydrogen) atoms. The highest BCUT2D eigenvalue weighted by Gasteiger charge is 2.23. The molecule has 0 aliphatic rings. The summed E-state index contributed by atoms with van der Waals surface area (Å²) in [6, 6.07) is 36.4. The van der Waals surface area contributed by atoms with E-state index in [2.05, 4.69) is 16.0 Å². The summed E-state index contributed by atoms with van der Waals surface area (Å²) in [5.74, 6) is -0.711. The van der Waals surface area contributed by atoms with E-state index in [9.17, 15) is 14.4 Å². The third kappa shape index (κ3) is 8.12. The van der Waals surface area contributed by atoms with Gasteiger partial charge in [0.2, 0.25) is 5.91 Å². The Kier molecular flexibility index (Phi) is 9.51. The number of furan rings is 1. The van der Waals surface area contributed by atoms with Gasteiger partial charge in [0.05, 0.1) is 6.26 Å². The molecule has 3 amide bonds. The second kappa shape index (κ2) is 14.0. The summed E-state index contributed by atoms with van der Waals surface area (Å²) in [7, 11) is 0. The molecule has 4 aromatic carbocycles. The van der Waals surface area contributed by atoms with Crippen molar-refractivity contribution in [3.05, 3.63) is 156 Å².